The van der Waals surface area contributed by atoms with Crippen LogP contribution in [-0.2, 0) is 6.61 Å². The van der Waals surface area contributed by atoms with Crippen molar-refractivity contribution >= 4 is 21.6 Å². The molecular weight excluding hydrogens is 402 g/mol. The maximum atomic E-state index is 5.94. The summed E-state index contributed by atoms with van der Waals surface area (Å²) in [5.41, 5.74) is 3.31. The largest absolute Gasteiger partial charge is 0.489 e. The van der Waals surface area contributed by atoms with E-state index in [1.54, 1.807) is 0 Å². The van der Waals surface area contributed by atoms with E-state index in [-0.39, 0.29) is 6.04 Å². The van der Waals surface area contributed by atoms with Gasteiger partial charge in [-0.05, 0) is 51.3 Å². The van der Waals surface area contributed by atoms with E-state index in [0.29, 0.717) is 13.2 Å². The van der Waals surface area contributed by atoms with Gasteiger partial charge in [0, 0.05) is 0 Å². The molecule has 1 atom stereocenters. The minimum Gasteiger partial charge on any atom is -0.489 e. The molecule has 0 spiro atoms. The van der Waals surface area contributed by atoms with E-state index in [2.05, 4.69) is 45.5 Å². The molecule has 140 valence electrons. The highest BCUT2D eigenvalue weighted by Crippen LogP contribution is 2.39. The van der Waals surface area contributed by atoms with Crippen LogP contribution in [0.15, 0.2) is 77.3 Å². The summed E-state index contributed by atoms with van der Waals surface area (Å²) in [7, 11) is 0. The zero-order valence-electron chi connectivity index (χ0n) is 15.6. The molecule has 0 saturated carbocycles. The maximum Gasteiger partial charge on any atom is 0.156 e. The minimum atomic E-state index is 0.0991. The Balaban J connectivity index is 0.00000102. The van der Waals surface area contributed by atoms with Crippen LogP contribution in [0.2, 0.25) is 0 Å². The SMILES string of the molecule is Brc1cccc2c1OCC(c1cccc(OCc3ccccc3)c1)N2.CC. The standard InChI is InChI=1S/C21H18BrNO2.C2H6/c22-18-10-5-11-19-21(18)25-14-20(23-19)16-8-4-9-17(12-16)24-13-15-6-2-1-3-7-15;1-2/h1-12,20,23H,13-14H2;1-2H3. The number of ether oxygens (including phenoxy) is 2. The van der Waals surface area contributed by atoms with Crippen LogP contribution < -0.4 is 14.8 Å². The van der Waals surface area contributed by atoms with Crippen molar-refractivity contribution in [2.75, 3.05) is 11.9 Å². The van der Waals surface area contributed by atoms with Gasteiger partial charge in [0.2, 0.25) is 0 Å². The number of hydrogen-bond donors (Lipinski definition) is 1. The predicted molar refractivity (Wildman–Crippen MR) is 115 cm³/mol. The fourth-order valence-electron chi connectivity index (χ4n) is 2.91. The molecule has 0 saturated heterocycles. The number of halogens is 1. The quantitative estimate of drug-likeness (QED) is 0.510. The fraction of sp³-hybridized carbons (Fsp3) is 0.217. The Morgan fingerprint density at radius 1 is 1.00 bits per heavy atom. The van der Waals surface area contributed by atoms with Gasteiger partial charge in [-0.1, -0.05) is 62.4 Å². The Bertz CT molecular complexity index is 867. The number of rotatable bonds is 4. The molecule has 3 aromatic rings. The lowest BCUT2D eigenvalue weighted by atomic mass is 10.1. The molecule has 1 aliphatic heterocycles. The van der Waals surface area contributed by atoms with Crippen LogP contribution in [0.3, 0.4) is 0 Å². The summed E-state index contributed by atoms with van der Waals surface area (Å²) >= 11 is 3.53. The Morgan fingerprint density at radius 2 is 1.78 bits per heavy atom. The number of hydrogen-bond acceptors (Lipinski definition) is 3. The second-order valence-corrected chi connectivity index (χ2v) is 6.83. The number of benzene rings is 3. The van der Waals surface area contributed by atoms with Crippen molar-refractivity contribution in [3.05, 3.63) is 88.4 Å². The average molecular weight is 426 g/mol. The van der Waals surface area contributed by atoms with Crippen LogP contribution in [0.25, 0.3) is 0 Å². The van der Waals surface area contributed by atoms with Crippen LogP contribution >= 0.6 is 15.9 Å². The van der Waals surface area contributed by atoms with Crippen LogP contribution in [0, 0.1) is 0 Å². The molecular formula is C23H24BrNO2. The molecule has 27 heavy (non-hydrogen) atoms. The van der Waals surface area contributed by atoms with E-state index in [1.807, 2.05) is 62.4 Å². The number of fused-ring (bicyclic) bond motifs is 1. The molecule has 1 heterocycles. The van der Waals surface area contributed by atoms with Crippen molar-refractivity contribution in [1.82, 2.24) is 0 Å². The van der Waals surface area contributed by atoms with Gasteiger partial charge in [0.1, 0.15) is 19.0 Å². The summed E-state index contributed by atoms with van der Waals surface area (Å²) in [6.45, 7) is 5.15. The normalized spacial score (nSPS) is 14.7. The first kappa shape index (κ1) is 19.3. The van der Waals surface area contributed by atoms with Crippen molar-refractivity contribution in [3.63, 3.8) is 0 Å². The Hall–Kier alpha value is -2.46. The third kappa shape index (κ3) is 4.83. The lowest BCUT2D eigenvalue weighted by molar-refractivity contribution is 0.283. The predicted octanol–water partition coefficient (Wildman–Crippen LogP) is 6.60. The van der Waals surface area contributed by atoms with Crippen molar-refractivity contribution in [3.8, 4) is 11.5 Å². The minimum absolute atomic E-state index is 0.0991. The molecule has 3 aromatic carbocycles. The fourth-order valence-corrected chi connectivity index (χ4v) is 3.39. The Morgan fingerprint density at radius 3 is 2.59 bits per heavy atom. The van der Waals surface area contributed by atoms with Crippen LogP contribution in [-0.4, -0.2) is 6.61 Å². The van der Waals surface area contributed by atoms with Gasteiger partial charge in [-0.3, -0.25) is 0 Å². The van der Waals surface area contributed by atoms with Crippen LogP contribution in [0.1, 0.15) is 31.0 Å². The van der Waals surface area contributed by atoms with Gasteiger partial charge in [-0.25, -0.2) is 0 Å². The third-order valence-electron chi connectivity index (χ3n) is 4.20. The van der Waals surface area contributed by atoms with Crippen molar-refractivity contribution < 1.29 is 9.47 Å². The zero-order valence-corrected chi connectivity index (χ0v) is 17.2. The highest BCUT2D eigenvalue weighted by Gasteiger charge is 2.22. The highest BCUT2D eigenvalue weighted by molar-refractivity contribution is 9.10. The monoisotopic (exact) mass is 425 g/mol. The molecule has 3 nitrogen and oxygen atoms in total. The number of anilines is 1. The van der Waals surface area contributed by atoms with Crippen LogP contribution in [0.5, 0.6) is 11.5 Å². The van der Waals surface area contributed by atoms with Gasteiger partial charge >= 0.3 is 0 Å². The van der Waals surface area contributed by atoms with Crippen LogP contribution in [0.4, 0.5) is 5.69 Å². The van der Waals surface area contributed by atoms with E-state index in [9.17, 15) is 0 Å². The van der Waals surface area contributed by atoms with E-state index in [0.717, 1.165) is 32.8 Å². The van der Waals surface area contributed by atoms with E-state index >= 15 is 0 Å². The summed E-state index contributed by atoms with van der Waals surface area (Å²) in [4.78, 5) is 0. The summed E-state index contributed by atoms with van der Waals surface area (Å²) < 4.78 is 12.8. The summed E-state index contributed by atoms with van der Waals surface area (Å²) in [6, 6.07) is 24.5. The molecule has 1 unspecified atom stereocenters. The molecule has 0 fully saturated rings. The molecule has 4 heteroatoms. The number of para-hydroxylation sites is 1. The summed E-state index contributed by atoms with van der Waals surface area (Å²) in [6.07, 6.45) is 0. The molecule has 1 aliphatic rings. The van der Waals surface area contributed by atoms with Gasteiger partial charge in [0.05, 0.1) is 16.2 Å². The first-order valence-corrected chi connectivity index (χ1v) is 10.0. The Labute approximate surface area is 169 Å². The first-order valence-electron chi connectivity index (χ1n) is 9.24. The highest BCUT2D eigenvalue weighted by atomic mass is 79.9. The van der Waals surface area contributed by atoms with Gasteiger partial charge in [0.25, 0.3) is 0 Å². The summed E-state index contributed by atoms with van der Waals surface area (Å²) in [5, 5.41) is 3.54. The second-order valence-electron chi connectivity index (χ2n) is 5.97. The van der Waals surface area contributed by atoms with Gasteiger partial charge in [-0.2, -0.15) is 0 Å². The molecule has 1 N–H and O–H groups in total. The summed E-state index contributed by atoms with van der Waals surface area (Å²) in [5.74, 6) is 1.73. The molecule has 0 amide bonds. The van der Waals surface area contributed by atoms with Crippen molar-refractivity contribution in [1.29, 1.82) is 0 Å². The van der Waals surface area contributed by atoms with E-state index in [1.165, 1.54) is 0 Å². The molecule has 0 aromatic heterocycles. The number of nitrogens with one attached hydrogen (secondary N) is 1. The maximum absolute atomic E-state index is 5.94. The molecule has 4 rings (SSSR count). The van der Waals surface area contributed by atoms with Gasteiger partial charge in [0.15, 0.2) is 5.75 Å². The average Bonchev–Trinajstić information content (AvgIpc) is 2.75. The zero-order chi connectivity index (χ0) is 19.1. The third-order valence-corrected chi connectivity index (χ3v) is 4.82. The molecule has 0 aliphatic carbocycles. The smallest absolute Gasteiger partial charge is 0.156 e. The van der Waals surface area contributed by atoms with E-state index in [4.69, 9.17) is 9.47 Å². The lowest BCUT2D eigenvalue weighted by Crippen LogP contribution is -2.24. The topological polar surface area (TPSA) is 30.5 Å². The molecule has 0 radical (unpaired) electrons. The van der Waals surface area contributed by atoms with Gasteiger partial charge < -0.3 is 14.8 Å². The van der Waals surface area contributed by atoms with E-state index < -0.39 is 0 Å². The Kier molecular flexibility index (Phi) is 6.77. The van der Waals surface area contributed by atoms with Crippen molar-refractivity contribution in [2.24, 2.45) is 0 Å². The first-order chi connectivity index (χ1) is 13.3. The van der Waals surface area contributed by atoms with Crippen molar-refractivity contribution in [2.45, 2.75) is 26.5 Å². The second kappa shape index (κ2) is 9.47. The molecule has 0 bridgehead atoms. The van der Waals surface area contributed by atoms with Gasteiger partial charge in [-0.15, -0.1) is 0 Å². The lowest BCUT2D eigenvalue weighted by Gasteiger charge is -2.28.